The average molecular weight is 231 g/mol. The van der Waals surface area contributed by atoms with Crippen molar-refractivity contribution in [2.45, 2.75) is 18.9 Å². The van der Waals surface area contributed by atoms with Crippen LogP contribution in [0.2, 0.25) is 0 Å². The number of H-pyrrole nitrogens is 1. The molecule has 0 amide bonds. The maximum Gasteiger partial charge on any atom is 0.141 e. The standard InChI is InChI=1S/C12H17N5/c13-10(8-1-4-14-5-2-8)11-9-3-6-15-12(9)17-7-16-11/h3,6-8,10,14H,1-2,4-5,13H2,(H,15,16,17). The number of piperidine rings is 1. The molecule has 17 heavy (non-hydrogen) atoms. The van der Waals surface area contributed by atoms with Gasteiger partial charge < -0.3 is 16.0 Å². The van der Waals surface area contributed by atoms with Crippen LogP contribution in [-0.2, 0) is 0 Å². The first-order valence-electron chi connectivity index (χ1n) is 6.10. The van der Waals surface area contributed by atoms with Gasteiger partial charge in [-0.25, -0.2) is 9.97 Å². The van der Waals surface area contributed by atoms with E-state index < -0.39 is 0 Å². The first-order valence-corrected chi connectivity index (χ1v) is 6.10. The van der Waals surface area contributed by atoms with Gasteiger partial charge in [-0.3, -0.25) is 0 Å². The van der Waals surface area contributed by atoms with Crippen molar-refractivity contribution >= 4 is 11.0 Å². The molecule has 0 saturated carbocycles. The molecule has 4 N–H and O–H groups in total. The van der Waals surface area contributed by atoms with Crippen LogP contribution in [0.3, 0.4) is 0 Å². The van der Waals surface area contributed by atoms with E-state index in [0.717, 1.165) is 42.7 Å². The summed E-state index contributed by atoms with van der Waals surface area (Å²) >= 11 is 0. The van der Waals surface area contributed by atoms with Gasteiger partial charge in [0.1, 0.15) is 12.0 Å². The SMILES string of the molecule is NC(c1ncnc2[nH]ccc12)C1CCNCC1. The summed E-state index contributed by atoms with van der Waals surface area (Å²) in [6, 6.07) is 2.02. The maximum absolute atomic E-state index is 6.36. The largest absolute Gasteiger partial charge is 0.346 e. The number of nitrogens with one attached hydrogen (secondary N) is 2. The lowest BCUT2D eigenvalue weighted by Gasteiger charge is -2.27. The molecule has 0 aliphatic carbocycles. The molecule has 1 unspecified atom stereocenters. The molecule has 0 bridgehead atoms. The van der Waals surface area contributed by atoms with E-state index in [0.29, 0.717) is 5.92 Å². The van der Waals surface area contributed by atoms with Crippen molar-refractivity contribution in [3.63, 3.8) is 0 Å². The molecule has 1 atom stereocenters. The molecule has 1 fully saturated rings. The highest BCUT2D eigenvalue weighted by atomic mass is 14.9. The van der Waals surface area contributed by atoms with Crippen molar-refractivity contribution in [1.82, 2.24) is 20.3 Å². The Bertz CT molecular complexity index is 500. The summed E-state index contributed by atoms with van der Waals surface area (Å²) in [5, 5.41) is 4.41. The van der Waals surface area contributed by atoms with Gasteiger partial charge in [0, 0.05) is 11.6 Å². The second-order valence-electron chi connectivity index (χ2n) is 4.61. The number of aromatic amines is 1. The van der Waals surface area contributed by atoms with Crippen LogP contribution in [0.25, 0.3) is 11.0 Å². The van der Waals surface area contributed by atoms with E-state index >= 15 is 0 Å². The highest BCUT2D eigenvalue weighted by Gasteiger charge is 2.24. The molecule has 1 aliphatic heterocycles. The van der Waals surface area contributed by atoms with Crippen LogP contribution in [0.5, 0.6) is 0 Å². The lowest BCUT2D eigenvalue weighted by Crippen LogP contribution is -2.34. The highest BCUT2D eigenvalue weighted by molar-refractivity contribution is 5.78. The summed E-state index contributed by atoms with van der Waals surface area (Å²) < 4.78 is 0. The van der Waals surface area contributed by atoms with Gasteiger partial charge in [0.2, 0.25) is 0 Å². The van der Waals surface area contributed by atoms with Crippen LogP contribution in [0.4, 0.5) is 0 Å². The van der Waals surface area contributed by atoms with Gasteiger partial charge in [-0.05, 0) is 37.9 Å². The van der Waals surface area contributed by atoms with Crippen molar-refractivity contribution in [1.29, 1.82) is 0 Å². The molecule has 90 valence electrons. The van der Waals surface area contributed by atoms with E-state index in [2.05, 4.69) is 20.3 Å². The molecular weight excluding hydrogens is 214 g/mol. The molecular formula is C12H17N5. The third-order valence-corrected chi connectivity index (χ3v) is 3.59. The fourth-order valence-electron chi connectivity index (χ4n) is 2.58. The summed E-state index contributed by atoms with van der Waals surface area (Å²) in [6.45, 7) is 2.11. The molecule has 0 aromatic carbocycles. The third kappa shape index (κ3) is 1.92. The lowest BCUT2D eigenvalue weighted by atomic mass is 9.88. The Morgan fingerprint density at radius 2 is 2.12 bits per heavy atom. The first-order chi connectivity index (χ1) is 8.36. The first kappa shape index (κ1) is 10.7. The van der Waals surface area contributed by atoms with Crippen molar-refractivity contribution in [3.8, 4) is 0 Å². The Hall–Kier alpha value is -1.46. The molecule has 0 spiro atoms. The van der Waals surface area contributed by atoms with E-state index in [9.17, 15) is 0 Å². The zero-order valence-corrected chi connectivity index (χ0v) is 9.69. The van der Waals surface area contributed by atoms with Crippen molar-refractivity contribution in [3.05, 3.63) is 24.3 Å². The number of nitrogens with two attached hydrogens (primary N) is 1. The molecule has 2 aromatic heterocycles. The average Bonchev–Trinajstić information content (AvgIpc) is 2.87. The second-order valence-corrected chi connectivity index (χ2v) is 4.61. The molecule has 3 heterocycles. The molecule has 5 heteroatoms. The number of hydrogen-bond donors (Lipinski definition) is 3. The summed E-state index contributed by atoms with van der Waals surface area (Å²) in [5.41, 5.74) is 8.21. The number of fused-ring (bicyclic) bond motifs is 1. The normalized spacial score (nSPS) is 19.6. The zero-order valence-electron chi connectivity index (χ0n) is 9.69. The van der Waals surface area contributed by atoms with Gasteiger partial charge in [0.05, 0.1) is 11.7 Å². The van der Waals surface area contributed by atoms with Gasteiger partial charge in [-0.15, -0.1) is 0 Å². The van der Waals surface area contributed by atoms with Crippen LogP contribution >= 0.6 is 0 Å². The monoisotopic (exact) mass is 231 g/mol. The van der Waals surface area contributed by atoms with Crippen LogP contribution in [0, 0.1) is 5.92 Å². The molecule has 5 nitrogen and oxygen atoms in total. The summed E-state index contributed by atoms with van der Waals surface area (Å²) in [7, 11) is 0. The zero-order chi connectivity index (χ0) is 11.7. The number of aromatic nitrogens is 3. The Morgan fingerprint density at radius 3 is 2.94 bits per heavy atom. The van der Waals surface area contributed by atoms with E-state index in [1.54, 1.807) is 6.33 Å². The minimum Gasteiger partial charge on any atom is -0.346 e. The van der Waals surface area contributed by atoms with E-state index in [1.165, 1.54) is 0 Å². The summed E-state index contributed by atoms with van der Waals surface area (Å²) in [6.07, 6.45) is 5.72. The van der Waals surface area contributed by atoms with Gasteiger partial charge in [-0.1, -0.05) is 0 Å². The van der Waals surface area contributed by atoms with Crippen LogP contribution in [-0.4, -0.2) is 28.0 Å². The third-order valence-electron chi connectivity index (χ3n) is 3.59. The highest BCUT2D eigenvalue weighted by Crippen LogP contribution is 2.28. The number of rotatable bonds is 2. The van der Waals surface area contributed by atoms with Gasteiger partial charge in [-0.2, -0.15) is 0 Å². The Kier molecular flexibility index (Phi) is 2.78. The van der Waals surface area contributed by atoms with Crippen LogP contribution in [0.1, 0.15) is 24.6 Å². The number of hydrogen-bond acceptors (Lipinski definition) is 4. The summed E-state index contributed by atoms with van der Waals surface area (Å²) in [4.78, 5) is 11.7. The topological polar surface area (TPSA) is 79.6 Å². The Balaban J connectivity index is 1.94. The number of nitrogens with zero attached hydrogens (tertiary/aromatic N) is 2. The van der Waals surface area contributed by atoms with E-state index in [4.69, 9.17) is 5.73 Å². The Labute approximate surface area is 99.8 Å². The molecule has 0 radical (unpaired) electrons. The van der Waals surface area contributed by atoms with Gasteiger partial charge >= 0.3 is 0 Å². The van der Waals surface area contributed by atoms with Crippen molar-refractivity contribution in [2.24, 2.45) is 11.7 Å². The van der Waals surface area contributed by atoms with Gasteiger partial charge in [0.15, 0.2) is 0 Å². The smallest absolute Gasteiger partial charge is 0.141 e. The molecule has 3 rings (SSSR count). The lowest BCUT2D eigenvalue weighted by molar-refractivity contribution is 0.319. The van der Waals surface area contributed by atoms with Crippen molar-refractivity contribution < 1.29 is 0 Å². The molecule has 1 aliphatic rings. The minimum atomic E-state index is 0.0124. The predicted molar refractivity (Wildman–Crippen MR) is 66.4 cm³/mol. The second kappa shape index (κ2) is 4.43. The molecule has 2 aromatic rings. The van der Waals surface area contributed by atoms with Crippen LogP contribution in [0.15, 0.2) is 18.6 Å². The Morgan fingerprint density at radius 1 is 1.29 bits per heavy atom. The quantitative estimate of drug-likeness (QED) is 0.719. The maximum atomic E-state index is 6.36. The summed E-state index contributed by atoms with van der Waals surface area (Å²) in [5.74, 6) is 0.518. The van der Waals surface area contributed by atoms with Crippen LogP contribution < -0.4 is 11.1 Å². The van der Waals surface area contributed by atoms with E-state index in [1.807, 2.05) is 12.3 Å². The van der Waals surface area contributed by atoms with Crippen molar-refractivity contribution in [2.75, 3.05) is 13.1 Å². The fourth-order valence-corrected chi connectivity index (χ4v) is 2.58. The fraction of sp³-hybridized carbons (Fsp3) is 0.500. The molecule has 1 saturated heterocycles. The predicted octanol–water partition coefficient (Wildman–Crippen LogP) is 0.957. The van der Waals surface area contributed by atoms with Gasteiger partial charge in [0.25, 0.3) is 0 Å². The van der Waals surface area contributed by atoms with E-state index in [-0.39, 0.29) is 6.04 Å². The minimum absolute atomic E-state index is 0.0124.